The van der Waals surface area contributed by atoms with E-state index < -0.39 is 6.10 Å². The Hall–Kier alpha value is -2.13. The molecule has 0 saturated carbocycles. The molecule has 3 aliphatic rings. The van der Waals surface area contributed by atoms with Crippen molar-refractivity contribution in [1.82, 2.24) is 4.90 Å². The Morgan fingerprint density at radius 2 is 1.72 bits per heavy atom. The van der Waals surface area contributed by atoms with Crippen LogP contribution < -0.4 is 0 Å². The van der Waals surface area contributed by atoms with Crippen LogP contribution in [0.15, 0.2) is 48.5 Å². The molecule has 1 N–H and O–H groups in total. The number of fused-ring (bicyclic) bond motifs is 1. The quantitative estimate of drug-likeness (QED) is 0.930. The zero-order valence-corrected chi connectivity index (χ0v) is 14.9. The molecule has 0 spiro atoms. The monoisotopic (exact) mass is 335 g/mol. The molecule has 0 aromatic heterocycles. The molecular formula is C22H25NO2. The summed E-state index contributed by atoms with van der Waals surface area (Å²) in [4.78, 5) is 13.1. The van der Waals surface area contributed by atoms with Crippen LogP contribution in [0.25, 0.3) is 0 Å². The van der Waals surface area contributed by atoms with Gasteiger partial charge in [0.2, 0.25) is 5.91 Å². The van der Waals surface area contributed by atoms with Gasteiger partial charge in [-0.3, -0.25) is 4.79 Å². The van der Waals surface area contributed by atoms with Crippen LogP contribution in [-0.2, 0) is 10.2 Å². The molecule has 2 aromatic rings. The Morgan fingerprint density at radius 1 is 1.16 bits per heavy atom. The van der Waals surface area contributed by atoms with Crippen molar-refractivity contribution >= 4 is 5.91 Å². The molecule has 3 nitrogen and oxygen atoms in total. The van der Waals surface area contributed by atoms with Crippen LogP contribution in [0.5, 0.6) is 0 Å². The first kappa shape index (κ1) is 16.3. The highest BCUT2D eigenvalue weighted by molar-refractivity contribution is 5.72. The van der Waals surface area contributed by atoms with E-state index in [4.69, 9.17) is 0 Å². The van der Waals surface area contributed by atoms with Gasteiger partial charge in [0.1, 0.15) is 0 Å². The average molecular weight is 335 g/mol. The van der Waals surface area contributed by atoms with Gasteiger partial charge in [-0.25, -0.2) is 0 Å². The molecule has 0 radical (unpaired) electrons. The molecule has 25 heavy (non-hydrogen) atoms. The van der Waals surface area contributed by atoms with Crippen molar-refractivity contribution in [2.75, 3.05) is 13.6 Å². The molecule has 5 rings (SSSR count). The summed E-state index contributed by atoms with van der Waals surface area (Å²) in [6.45, 7) is 1.92. The lowest BCUT2D eigenvalue weighted by atomic mass is 9.53. The Bertz CT molecular complexity index is 766. The van der Waals surface area contributed by atoms with Crippen molar-refractivity contribution in [2.45, 2.75) is 43.6 Å². The van der Waals surface area contributed by atoms with Crippen LogP contribution in [0.4, 0.5) is 0 Å². The lowest BCUT2D eigenvalue weighted by Crippen LogP contribution is -2.44. The Balaban J connectivity index is 1.77. The molecule has 0 saturated heterocycles. The average Bonchev–Trinajstić information content (AvgIpc) is 2.62. The number of rotatable bonds is 4. The van der Waals surface area contributed by atoms with E-state index in [9.17, 15) is 9.90 Å². The third-order valence-electron chi connectivity index (χ3n) is 6.17. The molecule has 0 heterocycles. The second-order valence-electron chi connectivity index (χ2n) is 7.61. The number of aliphatic hydroxyl groups excluding tert-OH is 1. The molecule has 3 heteroatoms. The van der Waals surface area contributed by atoms with Crippen LogP contribution >= 0.6 is 0 Å². The molecule has 0 unspecified atom stereocenters. The first-order valence-electron chi connectivity index (χ1n) is 9.11. The predicted molar refractivity (Wildman–Crippen MR) is 98.7 cm³/mol. The van der Waals surface area contributed by atoms with Gasteiger partial charge in [-0.1, -0.05) is 48.5 Å². The second-order valence-corrected chi connectivity index (χ2v) is 7.61. The number of likely N-dealkylation sites (N-methyl/N-ethyl adjacent to an activating group) is 1. The molecule has 3 aliphatic carbocycles. The van der Waals surface area contributed by atoms with Crippen molar-refractivity contribution in [3.05, 3.63) is 70.8 Å². The zero-order chi connectivity index (χ0) is 17.6. The predicted octanol–water partition coefficient (Wildman–Crippen LogP) is 3.44. The molecule has 0 aliphatic heterocycles. The summed E-state index contributed by atoms with van der Waals surface area (Å²) in [7, 11) is 1.75. The number of amides is 1. The second kappa shape index (κ2) is 5.99. The topological polar surface area (TPSA) is 40.5 Å². The van der Waals surface area contributed by atoms with E-state index >= 15 is 0 Å². The van der Waals surface area contributed by atoms with Crippen molar-refractivity contribution < 1.29 is 9.90 Å². The van der Waals surface area contributed by atoms with Crippen LogP contribution in [0, 0.1) is 0 Å². The largest absolute Gasteiger partial charge is 0.391 e. The van der Waals surface area contributed by atoms with Gasteiger partial charge in [0.15, 0.2) is 0 Å². The van der Waals surface area contributed by atoms with Gasteiger partial charge < -0.3 is 10.0 Å². The summed E-state index contributed by atoms with van der Waals surface area (Å²) < 4.78 is 0. The number of hydrogen-bond acceptors (Lipinski definition) is 2. The SMILES string of the molecule is CC(=O)N(C)C[C@H](O)CC12CCC(c3ccccc31)c1ccccc12. The number of hydrogen-bond donors (Lipinski definition) is 1. The minimum absolute atomic E-state index is 0.00953. The Kier molecular flexibility index (Phi) is 3.92. The number of nitrogens with zero attached hydrogens (tertiary/aromatic N) is 1. The molecule has 2 aromatic carbocycles. The highest BCUT2D eigenvalue weighted by Gasteiger charge is 2.48. The van der Waals surface area contributed by atoms with E-state index in [1.165, 1.54) is 22.3 Å². The minimum Gasteiger partial charge on any atom is -0.391 e. The van der Waals surface area contributed by atoms with E-state index in [1.807, 2.05) is 0 Å². The van der Waals surface area contributed by atoms with Crippen molar-refractivity contribution in [3.8, 4) is 0 Å². The third-order valence-corrected chi connectivity index (χ3v) is 6.17. The fourth-order valence-electron chi connectivity index (χ4n) is 4.99. The van der Waals surface area contributed by atoms with Gasteiger partial charge in [0.25, 0.3) is 0 Å². The number of carbonyl (C=O) groups excluding carboxylic acids is 1. The molecule has 0 fully saturated rings. The zero-order valence-electron chi connectivity index (χ0n) is 14.9. The summed E-state index contributed by atoms with van der Waals surface area (Å²) in [5.41, 5.74) is 5.43. The maximum absolute atomic E-state index is 11.5. The fraction of sp³-hybridized carbons (Fsp3) is 0.409. The molecule has 1 atom stereocenters. The van der Waals surface area contributed by atoms with Crippen molar-refractivity contribution in [2.24, 2.45) is 0 Å². The van der Waals surface area contributed by atoms with E-state index in [0.717, 1.165) is 12.8 Å². The molecule has 2 bridgehead atoms. The van der Waals surface area contributed by atoms with Crippen LogP contribution in [0.3, 0.4) is 0 Å². The number of aliphatic hydroxyl groups is 1. The smallest absolute Gasteiger partial charge is 0.219 e. The maximum atomic E-state index is 11.5. The summed E-state index contributed by atoms with van der Waals surface area (Å²) in [6, 6.07) is 17.4. The standard InChI is InChI=1S/C22H25NO2/c1-15(24)23(2)14-16(25)13-22-12-11-17(18-7-3-5-9-20(18)22)19-8-4-6-10-21(19)22/h3-10,16-17,25H,11-14H2,1-2H3/t16-,17?,22?/m1/s1. The van der Waals surface area contributed by atoms with Gasteiger partial charge >= 0.3 is 0 Å². The van der Waals surface area contributed by atoms with Gasteiger partial charge in [0.05, 0.1) is 6.10 Å². The summed E-state index contributed by atoms with van der Waals surface area (Å²) in [5.74, 6) is 0.469. The van der Waals surface area contributed by atoms with Gasteiger partial charge in [-0.05, 0) is 41.5 Å². The molecule has 1 amide bonds. The van der Waals surface area contributed by atoms with E-state index in [0.29, 0.717) is 18.9 Å². The first-order valence-corrected chi connectivity index (χ1v) is 9.11. The summed E-state index contributed by atoms with van der Waals surface area (Å²) in [6.07, 6.45) is 2.31. The summed E-state index contributed by atoms with van der Waals surface area (Å²) in [5, 5.41) is 10.8. The van der Waals surface area contributed by atoms with E-state index in [-0.39, 0.29) is 11.3 Å². The first-order chi connectivity index (χ1) is 12.0. The lowest BCUT2D eigenvalue weighted by molar-refractivity contribution is -0.128. The lowest BCUT2D eigenvalue weighted by Gasteiger charge is -2.50. The fourth-order valence-corrected chi connectivity index (χ4v) is 4.99. The highest BCUT2D eigenvalue weighted by atomic mass is 16.3. The van der Waals surface area contributed by atoms with Gasteiger partial charge in [-0.15, -0.1) is 0 Å². The normalized spacial score (nSPS) is 24.4. The Labute approximate surface area is 149 Å². The van der Waals surface area contributed by atoms with Crippen molar-refractivity contribution in [3.63, 3.8) is 0 Å². The van der Waals surface area contributed by atoms with Crippen LogP contribution in [0.1, 0.15) is 54.4 Å². The van der Waals surface area contributed by atoms with E-state index in [1.54, 1.807) is 18.9 Å². The van der Waals surface area contributed by atoms with Crippen LogP contribution in [0.2, 0.25) is 0 Å². The number of benzene rings is 2. The van der Waals surface area contributed by atoms with E-state index in [2.05, 4.69) is 48.5 Å². The highest BCUT2D eigenvalue weighted by Crippen LogP contribution is 2.57. The maximum Gasteiger partial charge on any atom is 0.219 e. The van der Waals surface area contributed by atoms with Crippen LogP contribution in [-0.4, -0.2) is 35.6 Å². The number of carbonyl (C=O) groups is 1. The molecular weight excluding hydrogens is 310 g/mol. The van der Waals surface area contributed by atoms with Gasteiger partial charge in [-0.2, -0.15) is 0 Å². The third kappa shape index (κ3) is 2.49. The van der Waals surface area contributed by atoms with Gasteiger partial charge in [0, 0.05) is 31.8 Å². The summed E-state index contributed by atoms with van der Waals surface area (Å²) >= 11 is 0. The minimum atomic E-state index is -0.537. The van der Waals surface area contributed by atoms with Crippen molar-refractivity contribution in [1.29, 1.82) is 0 Å². The Morgan fingerprint density at radius 3 is 2.28 bits per heavy atom. The molecule has 130 valence electrons.